The van der Waals surface area contributed by atoms with E-state index in [4.69, 9.17) is 5.11 Å². The number of hydrogen-bond donors (Lipinski definition) is 1. The minimum Gasteiger partial charge on any atom is -0.481 e. The van der Waals surface area contributed by atoms with Gasteiger partial charge in [0.05, 0.1) is 12.3 Å². The summed E-state index contributed by atoms with van der Waals surface area (Å²) in [5, 5.41) is 18.0. The van der Waals surface area contributed by atoms with E-state index in [-0.39, 0.29) is 5.75 Å². The van der Waals surface area contributed by atoms with Crippen LogP contribution in [-0.4, -0.2) is 31.6 Å². The highest BCUT2D eigenvalue weighted by Gasteiger charge is 2.30. The number of aryl methyl sites for hydroxylation is 1. The molecule has 0 bridgehead atoms. The van der Waals surface area contributed by atoms with Crippen LogP contribution in [0.2, 0.25) is 0 Å². The standard InChI is InChI=1S/C15H17N3O2S/c1-10-3-2-4-11(7-10)8-18-14(12-5-6-12)16-17-15(18)21-9-13(19)20/h2-4,7,12H,5-6,8-9H2,1H3,(H,19,20). The minimum absolute atomic E-state index is 0.0105. The summed E-state index contributed by atoms with van der Waals surface area (Å²) in [6.07, 6.45) is 2.30. The number of carboxylic acid groups (broad SMARTS) is 1. The van der Waals surface area contributed by atoms with Gasteiger partial charge in [-0.05, 0) is 25.3 Å². The van der Waals surface area contributed by atoms with E-state index in [1.165, 1.54) is 22.9 Å². The topological polar surface area (TPSA) is 68.0 Å². The van der Waals surface area contributed by atoms with Crippen molar-refractivity contribution >= 4 is 17.7 Å². The number of rotatable bonds is 6. The van der Waals surface area contributed by atoms with Crippen molar-refractivity contribution in [2.45, 2.75) is 37.4 Å². The van der Waals surface area contributed by atoms with Crippen LogP contribution in [0.4, 0.5) is 0 Å². The second-order valence-electron chi connectivity index (χ2n) is 5.37. The molecule has 0 saturated heterocycles. The van der Waals surface area contributed by atoms with Gasteiger partial charge in [-0.25, -0.2) is 0 Å². The van der Waals surface area contributed by atoms with Crippen LogP contribution < -0.4 is 0 Å². The lowest BCUT2D eigenvalue weighted by molar-refractivity contribution is -0.133. The maximum Gasteiger partial charge on any atom is 0.313 e. The average molecular weight is 303 g/mol. The first-order chi connectivity index (χ1) is 10.1. The average Bonchev–Trinajstić information content (AvgIpc) is 3.20. The Balaban J connectivity index is 1.86. The predicted molar refractivity (Wildman–Crippen MR) is 80.6 cm³/mol. The molecule has 21 heavy (non-hydrogen) atoms. The van der Waals surface area contributed by atoms with Crippen molar-refractivity contribution in [3.8, 4) is 0 Å². The van der Waals surface area contributed by atoms with E-state index in [0.29, 0.717) is 17.6 Å². The lowest BCUT2D eigenvalue weighted by Crippen LogP contribution is -2.07. The van der Waals surface area contributed by atoms with E-state index in [1.807, 2.05) is 6.07 Å². The number of carboxylic acids is 1. The molecule has 1 heterocycles. The molecule has 110 valence electrons. The minimum atomic E-state index is -0.835. The van der Waals surface area contributed by atoms with Crippen LogP contribution in [0.5, 0.6) is 0 Å². The van der Waals surface area contributed by atoms with E-state index >= 15 is 0 Å². The molecule has 3 rings (SSSR count). The zero-order valence-corrected chi connectivity index (χ0v) is 12.6. The quantitative estimate of drug-likeness (QED) is 0.831. The van der Waals surface area contributed by atoms with Gasteiger partial charge in [0.15, 0.2) is 5.16 Å². The van der Waals surface area contributed by atoms with Crippen LogP contribution in [0.15, 0.2) is 29.4 Å². The van der Waals surface area contributed by atoms with Crippen molar-refractivity contribution in [3.63, 3.8) is 0 Å². The first-order valence-electron chi connectivity index (χ1n) is 6.96. The molecule has 1 aliphatic carbocycles. The Bertz CT molecular complexity index is 665. The summed E-state index contributed by atoms with van der Waals surface area (Å²) in [5.41, 5.74) is 2.40. The lowest BCUT2D eigenvalue weighted by Gasteiger charge is -2.10. The molecule has 0 unspecified atom stereocenters. The van der Waals surface area contributed by atoms with Crippen LogP contribution in [0, 0.1) is 6.92 Å². The van der Waals surface area contributed by atoms with Crippen molar-refractivity contribution in [2.24, 2.45) is 0 Å². The SMILES string of the molecule is Cc1cccc(Cn2c(SCC(=O)O)nnc2C2CC2)c1. The summed E-state index contributed by atoms with van der Waals surface area (Å²) in [5.74, 6) is 0.653. The zero-order chi connectivity index (χ0) is 14.8. The van der Waals surface area contributed by atoms with Gasteiger partial charge in [0.1, 0.15) is 5.82 Å². The first kappa shape index (κ1) is 14.1. The van der Waals surface area contributed by atoms with Gasteiger partial charge in [0.2, 0.25) is 0 Å². The Morgan fingerprint density at radius 1 is 1.43 bits per heavy atom. The van der Waals surface area contributed by atoms with Crippen LogP contribution in [-0.2, 0) is 11.3 Å². The number of thioether (sulfide) groups is 1. The molecule has 0 amide bonds. The molecule has 0 atom stereocenters. The van der Waals surface area contributed by atoms with Gasteiger partial charge in [-0.15, -0.1) is 10.2 Å². The molecule has 2 aromatic rings. The molecule has 0 spiro atoms. The van der Waals surface area contributed by atoms with Gasteiger partial charge < -0.3 is 9.67 Å². The first-order valence-corrected chi connectivity index (χ1v) is 7.95. The molecule has 6 heteroatoms. The fraction of sp³-hybridized carbons (Fsp3) is 0.400. The van der Waals surface area contributed by atoms with Gasteiger partial charge in [0.25, 0.3) is 0 Å². The second kappa shape index (κ2) is 5.89. The summed E-state index contributed by atoms with van der Waals surface area (Å²) in [6.45, 7) is 2.76. The molecular formula is C15H17N3O2S. The van der Waals surface area contributed by atoms with Crippen LogP contribution in [0.25, 0.3) is 0 Å². The van der Waals surface area contributed by atoms with Crippen LogP contribution in [0.1, 0.15) is 35.7 Å². The van der Waals surface area contributed by atoms with E-state index in [2.05, 4.69) is 39.9 Å². The highest BCUT2D eigenvalue weighted by Crippen LogP contribution is 2.40. The lowest BCUT2D eigenvalue weighted by atomic mass is 10.1. The highest BCUT2D eigenvalue weighted by molar-refractivity contribution is 7.99. The number of aliphatic carboxylic acids is 1. The number of carbonyl (C=O) groups is 1. The van der Waals surface area contributed by atoms with Crippen molar-refractivity contribution in [1.82, 2.24) is 14.8 Å². The normalized spacial score (nSPS) is 14.3. The molecule has 1 fully saturated rings. The third kappa shape index (κ3) is 3.44. The Hall–Kier alpha value is -1.82. The summed E-state index contributed by atoms with van der Waals surface area (Å²) in [7, 11) is 0. The number of aromatic nitrogens is 3. The highest BCUT2D eigenvalue weighted by atomic mass is 32.2. The number of benzene rings is 1. The summed E-state index contributed by atoms with van der Waals surface area (Å²) in [4.78, 5) is 10.8. The van der Waals surface area contributed by atoms with Gasteiger partial charge in [-0.1, -0.05) is 41.6 Å². The molecule has 1 N–H and O–H groups in total. The Kier molecular flexibility index (Phi) is 3.96. The molecule has 1 aromatic heterocycles. The maximum atomic E-state index is 10.8. The number of hydrogen-bond acceptors (Lipinski definition) is 4. The maximum absolute atomic E-state index is 10.8. The molecular weight excluding hydrogens is 286 g/mol. The van der Waals surface area contributed by atoms with Gasteiger partial charge in [-0.2, -0.15) is 0 Å². The van der Waals surface area contributed by atoms with E-state index < -0.39 is 5.97 Å². The fourth-order valence-electron chi connectivity index (χ4n) is 2.32. The van der Waals surface area contributed by atoms with Crippen molar-refractivity contribution < 1.29 is 9.90 Å². The smallest absolute Gasteiger partial charge is 0.313 e. The predicted octanol–water partition coefficient (Wildman–Crippen LogP) is 2.69. The molecule has 5 nitrogen and oxygen atoms in total. The third-order valence-corrected chi connectivity index (χ3v) is 4.39. The Morgan fingerprint density at radius 3 is 2.90 bits per heavy atom. The van der Waals surface area contributed by atoms with Crippen molar-refractivity contribution in [1.29, 1.82) is 0 Å². The number of nitrogens with zero attached hydrogens (tertiary/aromatic N) is 3. The van der Waals surface area contributed by atoms with E-state index in [0.717, 1.165) is 18.7 Å². The molecule has 1 aliphatic rings. The molecule has 1 aromatic carbocycles. The van der Waals surface area contributed by atoms with Crippen LogP contribution >= 0.6 is 11.8 Å². The Morgan fingerprint density at radius 2 is 2.24 bits per heavy atom. The largest absolute Gasteiger partial charge is 0.481 e. The van der Waals surface area contributed by atoms with Gasteiger partial charge in [-0.3, -0.25) is 4.79 Å². The summed E-state index contributed by atoms with van der Waals surface area (Å²) < 4.78 is 2.07. The second-order valence-corrected chi connectivity index (χ2v) is 6.32. The van der Waals surface area contributed by atoms with Gasteiger partial charge in [0, 0.05) is 5.92 Å². The molecule has 0 aliphatic heterocycles. The summed E-state index contributed by atoms with van der Waals surface area (Å²) >= 11 is 1.23. The van der Waals surface area contributed by atoms with Crippen molar-refractivity contribution in [3.05, 3.63) is 41.2 Å². The fourth-order valence-corrected chi connectivity index (χ4v) is 2.98. The Labute approximate surface area is 127 Å². The third-order valence-electron chi connectivity index (χ3n) is 3.44. The molecule has 1 saturated carbocycles. The van der Waals surface area contributed by atoms with E-state index in [1.54, 1.807) is 0 Å². The van der Waals surface area contributed by atoms with E-state index in [9.17, 15) is 4.79 Å². The van der Waals surface area contributed by atoms with Gasteiger partial charge >= 0.3 is 5.97 Å². The molecule has 0 radical (unpaired) electrons. The van der Waals surface area contributed by atoms with Crippen LogP contribution in [0.3, 0.4) is 0 Å². The zero-order valence-electron chi connectivity index (χ0n) is 11.8. The monoisotopic (exact) mass is 303 g/mol. The summed E-state index contributed by atoms with van der Waals surface area (Å²) in [6, 6.07) is 8.32. The van der Waals surface area contributed by atoms with Crippen molar-refractivity contribution in [2.75, 3.05) is 5.75 Å².